The average molecular weight is 252 g/mol. The molecule has 0 bridgehead atoms. The minimum atomic E-state index is -1.92. The molecule has 1 fully saturated rings. The number of ketones is 1. The molecule has 65 valence electrons. The van der Waals surface area contributed by atoms with Crippen molar-refractivity contribution in [3.63, 3.8) is 0 Å². The predicted octanol–water partition coefficient (Wildman–Crippen LogP) is 3.59. The molecule has 0 unspecified atom stereocenters. The van der Waals surface area contributed by atoms with Crippen molar-refractivity contribution in [2.24, 2.45) is 0 Å². The van der Waals surface area contributed by atoms with Crippen molar-refractivity contribution in [1.29, 1.82) is 0 Å². The van der Waals surface area contributed by atoms with E-state index in [0.717, 1.165) is 25.7 Å². The molecule has 0 heterocycles. The molecule has 5 heteroatoms. The van der Waals surface area contributed by atoms with Crippen LogP contribution >= 0.6 is 27.9 Å². The van der Waals surface area contributed by atoms with E-state index in [0.29, 0.717) is 5.78 Å². The average Bonchev–Trinajstić information content (AvgIpc) is 1.87. The molecular formula is C6H10Cl3OTi. The fraction of sp³-hybridized carbons (Fsp3) is 0.833. The summed E-state index contributed by atoms with van der Waals surface area (Å²) < 4.78 is 0. The monoisotopic (exact) mass is 251 g/mol. The van der Waals surface area contributed by atoms with Gasteiger partial charge >= 0.3 is 42.6 Å². The molecule has 0 aromatic heterocycles. The molecule has 11 heavy (non-hydrogen) atoms. The zero-order chi connectivity index (χ0) is 8.69. The van der Waals surface area contributed by atoms with E-state index in [4.69, 9.17) is 27.9 Å². The summed E-state index contributed by atoms with van der Waals surface area (Å²) in [6.07, 6.45) is 5.24. The topological polar surface area (TPSA) is 17.1 Å². The number of Topliss-reactive ketones (excluding diaryl/α,β-unsaturated/α-hetero) is 1. The van der Waals surface area contributed by atoms with Gasteiger partial charge in [-0.2, -0.15) is 0 Å². The van der Waals surface area contributed by atoms with Gasteiger partial charge in [-0.05, 0) is 12.8 Å². The molecule has 0 aliphatic heterocycles. The van der Waals surface area contributed by atoms with Crippen molar-refractivity contribution in [3.8, 4) is 0 Å². The Hall–Kier alpha value is 1.25. The van der Waals surface area contributed by atoms with Gasteiger partial charge in [-0.3, -0.25) is 4.79 Å². The maximum atomic E-state index is 10.5. The standard InChI is InChI=1S/C6H10O.3ClH.Ti/c7-6-4-2-1-3-5-6;;;;/h1-5H2;3*1H;/q;;;;+3/p-3. The molecular weight excluding hydrogens is 242 g/mol. The van der Waals surface area contributed by atoms with Gasteiger partial charge in [0.15, 0.2) is 0 Å². The molecule has 0 radical (unpaired) electrons. The van der Waals surface area contributed by atoms with Gasteiger partial charge in [-0.25, -0.2) is 0 Å². The van der Waals surface area contributed by atoms with E-state index in [1.807, 2.05) is 0 Å². The van der Waals surface area contributed by atoms with E-state index in [1.54, 1.807) is 0 Å². The van der Waals surface area contributed by atoms with Crippen LogP contribution in [0, 0.1) is 0 Å². The molecule has 0 spiro atoms. The molecule has 1 rings (SSSR count). The van der Waals surface area contributed by atoms with Gasteiger partial charge in [-0.1, -0.05) is 6.42 Å². The Bertz CT molecular complexity index is 108. The van der Waals surface area contributed by atoms with Crippen LogP contribution in [0.4, 0.5) is 0 Å². The SMILES string of the molecule is O=C1CCCCC1.[Cl][Ti]([Cl])[Cl]. The second kappa shape index (κ2) is 7.88. The van der Waals surface area contributed by atoms with Crippen molar-refractivity contribution in [1.82, 2.24) is 0 Å². The second-order valence-corrected chi connectivity index (χ2v) is 10.1. The van der Waals surface area contributed by atoms with E-state index < -0.39 is 14.7 Å². The Morgan fingerprint density at radius 3 is 1.55 bits per heavy atom. The first kappa shape index (κ1) is 12.3. The van der Waals surface area contributed by atoms with Crippen LogP contribution in [-0.4, -0.2) is 5.78 Å². The van der Waals surface area contributed by atoms with Crippen LogP contribution in [0.3, 0.4) is 0 Å². The van der Waals surface area contributed by atoms with Crippen LogP contribution in [0.25, 0.3) is 0 Å². The third-order valence-corrected chi connectivity index (χ3v) is 1.41. The van der Waals surface area contributed by atoms with Gasteiger partial charge in [-0.15, -0.1) is 0 Å². The van der Waals surface area contributed by atoms with Crippen LogP contribution in [0.1, 0.15) is 32.1 Å². The zero-order valence-electron chi connectivity index (χ0n) is 6.08. The van der Waals surface area contributed by atoms with Gasteiger partial charge < -0.3 is 0 Å². The van der Waals surface area contributed by atoms with Gasteiger partial charge in [0, 0.05) is 12.8 Å². The van der Waals surface area contributed by atoms with E-state index >= 15 is 0 Å². The normalized spacial score (nSPS) is 16.8. The maximum absolute atomic E-state index is 10.5. The van der Waals surface area contributed by atoms with Crippen molar-refractivity contribution >= 4 is 33.7 Å². The Balaban J connectivity index is 0.000000218. The van der Waals surface area contributed by atoms with Crippen LogP contribution in [0.2, 0.25) is 0 Å². The minimum absolute atomic E-state index is 0.464. The fourth-order valence-electron chi connectivity index (χ4n) is 0.946. The number of carbonyl (C=O) groups is 1. The first-order valence-corrected chi connectivity index (χ1v) is 9.92. The summed E-state index contributed by atoms with van der Waals surface area (Å²) in [4.78, 5) is 10.5. The van der Waals surface area contributed by atoms with Crippen molar-refractivity contribution in [3.05, 3.63) is 0 Å². The number of halogens is 3. The number of carbonyl (C=O) groups excluding carboxylic acids is 1. The van der Waals surface area contributed by atoms with Crippen molar-refractivity contribution in [2.45, 2.75) is 32.1 Å². The summed E-state index contributed by atoms with van der Waals surface area (Å²) >= 11 is -1.92. The second-order valence-electron chi connectivity index (χ2n) is 2.31. The van der Waals surface area contributed by atoms with Crippen LogP contribution in [0.5, 0.6) is 0 Å². The summed E-state index contributed by atoms with van der Waals surface area (Å²) in [5, 5.41) is 0. The molecule has 0 amide bonds. The summed E-state index contributed by atoms with van der Waals surface area (Å²) in [7, 11) is 14.9. The fourth-order valence-corrected chi connectivity index (χ4v) is 0.946. The van der Waals surface area contributed by atoms with Gasteiger partial charge in [0.1, 0.15) is 5.78 Å². The molecule has 0 aromatic rings. The van der Waals surface area contributed by atoms with Gasteiger partial charge in [0.25, 0.3) is 0 Å². The van der Waals surface area contributed by atoms with Crippen LogP contribution in [-0.2, 0) is 19.5 Å². The van der Waals surface area contributed by atoms with E-state index in [9.17, 15) is 4.79 Å². The predicted molar refractivity (Wildman–Crippen MR) is 45.7 cm³/mol. The third-order valence-electron chi connectivity index (χ3n) is 1.41. The van der Waals surface area contributed by atoms with Crippen LogP contribution in [0.15, 0.2) is 0 Å². The molecule has 1 aliphatic carbocycles. The zero-order valence-corrected chi connectivity index (χ0v) is 9.91. The Morgan fingerprint density at radius 1 is 1.00 bits per heavy atom. The first-order valence-electron chi connectivity index (χ1n) is 3.48. The summed E-state index contributed by atoms with van der Waals surface area (Å²) in [5.74, 6) is 0.464. The van der Waals surface area contributed by atoms with Crippen molar-refractivity contribution in [2.75, 3.05) is 0 Å². The molecule has 0 saturated heterocycles. The molecule has 1 saturated carbocycles. The van der Waals surface area contributed by atoms with Gasteiger partial charge in [0.2, 0.25) is 0 Å². The summed E-state index contributed by atoms with van der Waals surface area (Å²) in [6, 6.07) is 0. The number of hydrogen-bond donors (Lipinski definition) is 0. The van der Waals surface area contributed by atoms with Gasteiger partial charge in [0.05, 0.1) is 0 Å². The number of rotatable bonds is 0. The van der Waals surface area contributed by atoms with E-state index in [2.05, 4.69) is 0 Å². The summed E-state index contributed by atoms with van der Waals surface area (Å²) in [6.45, 7) is 0. The third kappa shape index (κ3) is 11.3. The first-order chi connectivity index (χ1) is 5.13. The molecule has 0 atom stereocenters. The molecule has 0 aromatic carbocycles. The summed E-state index contributed by atoms with van der Waals surface area (Å²) in [5.41, 5.74) is 0. The Kier molecular flexibility index (Phi) is 8.78. The Morgan fingerprint density at radius 2 is 1.36 bits per heavy atom. The molecule has 1 aliphatic rings. The van der Waals surface area contributed by atoms with E-state index in [1.165, 1.54) is 6.42 Å². The quantitative estimate of drug-likeness (QED) is 0.602. The molecule has 1 nitrogen and oxygen atoms in total. The van der Waals surface area contributed by atoms with Crippen LogP contribution < -0.4 is 0 Å². The molecule has 0 N–H and O–H groups in total. The van der Waals surface area contributed by atoms with E-state index in [-0.39, 0.29) is 0 Å². The number of hydrogen-bond acceptors (Lipinski definition) is 1. The Labute approximate surface area is 84.8 Å². The van der Waals surface area contributed by atoms with Crippen molar-refractivity contribution < 1.29 is 19.5 Å².